The van der Waals surface area contributed by atoms with Gasteiger partial charge < -0.3 is 10.6 Å². The lowest BCUT2D eigenvalue weighted by atomic mass is 10.4. The maximum Gasteiger partial charge on any atom is 0.166 e. The molecule has 84 valence electrons. The molecule has 0 bridgehead atoms. The average Bonchev–Trinajstić information content (AvgIpc) is 2.61. The average molecular weight is 243 g/mol. The minimum atomic E-state index is 0.741. The number of hydrogen-bond donors (Lipinski definition) is 2. The zero-order chi connectivity index (χ0) is 11.1. The molecule has 0 aliphatic carbocycles. The van der Waals surface area contributed by atoms with E-state index in [4.69, 9.17) is 12.2 Å². The van der Waals surface area contributed by atoms with Gasteiger partial charge in [0.15, 0.2) is 5.11 Å². The Bertz CT molecular complexity index is 309. The Labute approximate surface area is 100 Å². The molecule has 0 saturated carbocycles. The van der Waals surface area contributed by atoms with Gasteiger partial charge in [-0.3, -0.25) is 0 Å². The van der Waals surface area contributed by atoms with Crippen molar-refractivity contribution >= 4 is 28.7 Å². The Balaban J connectivity index is 2.13. The van der Waals surface area contributed by atoms with Crippen LogP contribution in [0.4, 0.5) is 0 Å². The predicted molar refractivity (Wildman–Crippen MR) is 69.4 cm³/mol. The van der Waals surface area contributed by atoms with E-state index in [1.165, 1.54) is 5.01 Å². The quantitative estimate of drug-likeness (QED) is 0.774. The van der Waals surface area contributed by atoms with Gasteiger partial charge in [-0.15, -0.1) is 11.3 Å². The third-order valence-corrected chi connectivity index (χ3v) is 3.14. The molecule has 0 radical (unpaired) electrons. The molecule has 0 fully saturated rings. The molecule has 1 aromatic heterocycles. The van der Waals surface area contributed by atoms with E-state index < -0.39 is 0 Å². The summed E-state index contributed by atoms with van der Waals surface area (Å²) in [6.07, 6.45) is 2.03. The van der Waals surface area contributed by atoms with Crippen LogP contribution in [0.1, 0.15) is 24.0 Å². The first kappa shape index (κ1) is 12.4. The number of rotatable bonds is 5. The molecular weight excluding hydrogens is 226 g/mol. The second-order valence-electron chi connectivity index (χ2n) is 3.32. The molecule has 5 heteroatoms. The fraction of sp³-hybridized carbons (Fsp3) is 0.600. The van der Waals surface area contributed by atoms with Crippen LogP contribution in [0, 0.1) is 6.92 Å². The lowest BCUT2D eigenvalue weighted by Crippen LogP contribution is -2.36. The SMILES string of the molecule is CCCNC(=S)NCCc1nc(C)cs1. The molecule has 0 aromatic carbocycles. The van der Waals surface area contributed by atoms with Crippen LogP contribution in [0.2, 0.25) is 0 Å². The van der Waals surface area contributed by atoms with E-state index in [1.54, 1.807) is 11.3 Å². The first-order chi connectivity index (χ1) is 7.22. The number of nitrogens with zero attached hydrogens (tertiary/aromatic N) is 1. The van der Waals surface area contributed by atoms with Crippen LogP contribution in [0.25, 0.3) is 0 Å². The van der Waals surface area contributed by atoms with E-state index in [2.05, 4.69) is 27.9 Å². The number of aromatic nitrogens is 1. The van der Waals surface area contributed by atoms with E-state index in [1.807, 2.05) is 6.92 Å². The van der Waals surface area contributed by atoms with E-state index in [9.17, 15) is 0 Å². The molecule has 3 nitrogen and oxygen atoms in total. The van der Waals surface area contributed by atoms with Crippen molar-refractivity contribution in [3.63, 3.8) is 0 Å². The largest absolute Gasteiger partial charge is 0.363 e. The molecule has 1 heterocycles. The van der Waals surface area contributed by atoms with Crippen LogP contribution >= 0.6 is 23.6 Å². The van der Waals surface area contributed by atoms with Gasteiger partial charge in [-0.05, 0) is 25.6 Å². The van der Waals surface area contributed by atoms with E-state index in [-0.39, 0.29) is 0 Å². The number of thiazole rings is 1. The maximum absolute atomic E-state index is 5.10. The number of nitrogens with one attached hydrogen (secondary N) is 2. The molecule has 0 aliphatic rings. The monoisotopic (exact) mass is 243 g/mol. The van der Waals surface area contributed by atoms with Crippen LogP contribution in [0.15, 0.2) is 5.38 Å². The van der Waals surface area contributed by atoms with Crippen molar-refractivity contribution < 1.29 is 0 Å². The van der Waals surface area contributed by atoms with Crippen LogP contribution < -0.4 is 10.6 Å². The standard InChI is InChI=1S/C10H17N3S2/c1-3-5-11-10(14)12-6-4-9-13-8(2)7-15-9/h7H,3-6H2,1-2H3,(H2,11,12,14). The van der Waals surface area contributed by atoms with Gasteiger partial charge in [0.25, 0.3) is 0 Å². The van der Waals surface area contributed by atoms with Gasteiger partial charge in [0.1, 0.15) is 0 Å². The summed E-state index contributed by atoms with van der Waals surface area (Å²) in [6.45, 7) is 5.92. The fourth-order valence-corrected chi connectivity index (χ4v) is 2.08. The first-order valence-electron chi connectivity index (χ1n) is 5.15. The van der Waals surface area contributed by atoms with Gasteiger partial charge in [0.05, 0.1) is 5.01 Å². The second-order valence-corrected chi connectivity index (χ2v) is 4.67. The van der Waals surface area contributed by atoms with Crippen molar-refractivity contribution in [2.75, 3.05) is 13.1 Å². The highest BCUT2D eigenvalue weighted by Crippen LogP contribution is 2.08. The summed E-state index contributed by atoms with van der Waals surface area (Å²) in [5, 5.41) is 10.3. The second kappa shape index (κ2) is 6.74. The zero-order valence-electron chi connectivity index (χ0n) is 9.17. The number of thiocarbonyl (C=S) groups is 1. The number of aryl methyl sites for hydroxylation is 1. The van der Waals surface area contributed by atoms with Gasteiger partial charge in [0, 0.05) is 30.6 Å². The first-order valence-corrected chi connectivity index (χ1v) is 6.44. The van der Waals surface area contributed by atoms with E-state index in [0.717, 1.165) is 36.7 Å². The van der Waals surface area contributed by atoms with Crippen molar-refractivity contribution in [1.29, 1.82) is 0 Å². The van der Waals surface area contributed by atoms with Crippen LogP contribution in [-0.2, 0) is 6.42 Å². The Hall–Kier alpha value is -0.680. The summed E-state index contributed by atoms with van der Waals surface area (Å²) in [6, 6.07) is 0. The summed E-state index contributed by atoms with van der Waals surface area (Å²) < 4.78 is 0. The highest BCUT2D eigenvalue weighted by molar-refractivity contribution is 7.80. The molecule has 0 aliphatic heterocycles. The van der Waals surface area contributed by atoms with Crippen molar-refractivity contribution in [2.45, 2.75) is 26.7 Å². The van der Waals surface area contributed by atoms with Crippen LogP contribution in [-0.4, -0.2) is 23.2 Å². The van der Waals surface area contributed by atoms with Gasteiger partial charge >= 0.3 is 0 Å². The molecule has 0 saturated heterocycles. The summed E-state index contributed by atoms with van der Waals surface area (Å²) in [5.41, 5.74) is 1.10. The van der Waals surface area contributed by atoms with Gasteiger partial charge in [-0.1, -0.05) is 6.92 Å². The zero-order valence-corrected chi connectivity index (χ0v) is 10.8. The van der Waals surface area contributed by atoms with E-state index >= 15 is 0 Å². The lowest BCUT2D eigenvalue weighted by Gasteiger charge is -2.08. The summed E-state index contributed by atoms with van der Waals surface area (Å²) >= 11 is 6.81. The molecule has 2 N–H and O–H groups in total. The lowest BCUT2D eigenvalue weighted by molar-refractivity contribution is 0.788. The van der Waals surface area contributed by atoms with Crippen molar-refractivity contribution in [3.8, 4) is 0 Å². The fourth-order valence-electron chi connectivity index (χ4n) is 1.10. The third kappa shape index (κ3) is 5.09. The molecule has 15 heavy (non-hydrogen) atoms. The summed E-state index contributed by atoms with van der Waals surface area (Å²) in [7, 11) is 0. The Kier molecular flexibility index (Phi) is 5.57. The number of hydrogen-bond acceptors (Lipinski definition) is 3. The topological polar surface area (TPSA) is 37.0 Å². The van der Waals surface area contributed by atoms with Crippen LogP contribution in [0.5, 0.6) is 0 Å². The normalized spacial score (nSPS) is 10.0. The summed E-state index contributed by atoms with van der Waals surface area (Å²) in [5.74, 6) is 0. The highest BCUT2D eigenvalue weighted by Gasteiger charge is 1.98. The smallest absolute Gasteiger partial charge is 0.166 e. The molecule has 1 aromatic rings. The Morgan fingerprint density at radius 2 is 2.20 bits per heavy atom. The molecule has 0 atom stereocenters. The third-order valence-electron chi connectivity index (χ3n) is 1.83. The van der Waals surface area contributed by atoms with Crippen molar-refractivity contribution in [1.82, 2.24) is 15.6 Å². The van der Waals surface area contributed by atoms with Crippen molar-refractivity contribution in [2.24, 2.45) is 0 Å². The molecule has 0 amide bonds. The van der Waals surface area contributed by atoms with Gasteiger partial charge in [0.2, 0.25) is 0 Å². The van der Waals surface area contributed by atoms with Crippen molar-refractivity contribution in [3.05, 3.63) is 16.1 Å². The van der Waals surface area contributed by atoms with Gasteiger partial charge in [-0.25, -0.2) is 4.98 Å². The minimum absolute atomic E-state index is 0.741. The Morgan fingerprint density at radius 3 is 2.80 bits per heavy atom. The van der Waals surface area contributed by atoms with Crippen LogP contribution in [0.3, 0.4) is 0 Å². The minimum Gasteiger partial charge on any atom is -0.363 e. The summed E-state index contributed by atoms with van der Waals surface area (Å²) in [4.78, 5) is 4.38. The molecule has 0 unspecified atom stereocenters. The van der Waals surface area contributed by atoms with E-state index in [0.29, 0.717) is 0 Å². The highest BCUT2D eigenvalue weighted by atomic mass is 32.1. The molecule has 0 spiro atoms. The molecule has 1 rings (SSSR count). The molecular formula is C10H17N3S2. The maximum atomic E-state index is 5.10. The predicted octanol–water partition coefficient (Wildman–Crippen LogP) is 1.87. The Morgan fingerprint density at radius 1 is 1.47 bits per heavy atom. The van der Waals surface area contributed by atoms with Gasteiger partial charge in [-0.2, -0.15) is 0 Å².